The summed E-state index contributed by atoms with van der Waals surface area (Å²) < 4.78 is 0. The van der Waals surface area contributed by atoms with Crippen LogP contribution in [0.2, 0.25) is 10.0 Å². The number of hydrogen-bond acceptors (Lipinski definition) is 2. The molecule has 0 atom stereocenters. The molecule has 0 saturated heterocycles. The molecule has 0 N–H and O–H groups in total. The summed E-state index contributed by atoms with van der Waals surface area (Å²) in [4.78, 5) is 16.1. The lowest BCUT2D eigenvalue weighted by Gasteiger charge is -2.05. The molecule has 0 unspecified atom stereocenters. The van der Waals surface area contributed by atoms with Crippen LogP contribution in [0.1, 0.15) is 21.5 Å². The summed E-state index contributed by atoms with van der Waals surface area (Å²) >= 11 is 11.8. The van der Waals surface area contributed by atoms with Gasteiger partial charge in [0.1, 0.15) is 0 Å². The van der Waals surface area contributed by atoms with Gasteiger partial charge in [-0.15, -0.1) is 0 Å². The molecule has 4 heteroatoms. The molecule has 0 aliphatic heterocycles. The van der Waals surface area contributed by atoms with Gasteiger partial charge in [-0.3, -0.25) is 9.78 Å². The molecule has 1 heterocycles. The highest BCUT2D eigenvalue weighted by Crippen LogP contribution is 2.23. The van der Waals surface area contributed by atoms with Crippen molar-refractivity contribution in [2.45, 2.75) is 13.3 Å². The monoisotopic (exact) mass is 279 g/mol. The van der Waals surface area contributed by atoms with Gasteiger partial charge in [0.05, 0.1) is 10.0 Å². The normalized spacial score (nSPS) is 10.4. The smallest absolute Gasteiger partial charge is 0.167 e. The predicted molar refractivity (Wildman–Crippen MR) is 73.5 cm³/mol. The minimum absolute atomic E-state index is 0.0493. The van der Waals surface area contributed by atoms with E-state index in [4.69, 9.17) is 23.2 Å². The molecule has 2 nitrogen and oxygen atoms in total. The topological polar surface area (TPSA) is 30.0 Å². The van der Waals surface area contributed by atoms with Crippen LogP contribution in [-0.2, 0) is 6.42 Å². The number of carbonyl (C=O) groups excluding carboxylic acids is 1. The summed E-state index contributed by atoms with van der Waals surface area (Å²) in [6.07, 6.45) is 3.61. The first-order valence-electron chi connectivity index (χ1n) is 5.45. The van der Waals surface area contributed by atoms with E-state index in [0.717, 1.165) is 11.1 Å². The molecule has 1 aromatic heterocycles. The van der Waals surface area contributed by atoms with E-state index >= 15 is 0 Å². The maximum Gasteiger partial charge on any atom is 0.167 e. The molecule has 0 radical (unpaired) electrons. The van der Waals surface area contributed by atoms with E-state index in [2.05, 4.69) is 4.98 Å². The van der Waals surface area contributed by atoms with E-state index < -0.39 is 0 Å². The molecule has 2 rings (SSSR count). The second-order valence-electron chi connectivity index (χ2n) is 4.04. The van der Waals surface area contributed by atoms with Crippen molar-refractivity contribution >= 4 is 29.0 Å². The standard InChI is InChI=1S/C14H11Cl2NO/c1-9-8-17-5-4-11(9)14(18)7-10-2-3-12(15)13(16)6-10/h2-6,8H,7H2,1H3. The summed E-state index contributed by atoms with van der Waals surface area (Å²) in [5, 5.41) is 0.960. The first kappa shape index (κ1) is 13.1. The van der Waals surface area contributed by atoms with Crippen molar-refractivity contribution in [1.29, 1.82) is 0 Å². The van der Waals surface area contributed by atoms with Crippen molar-refractivity contribution in [3.05, 3.63) is 63.4 Å². The van der Waals surface area contributed by atoms with E-state index in [-0.39, 0.29) is 5.78 Å². The number of aryl methyl sites for hydroxylation is 1. The molecule has 0 amide bonds. The number of ketones is 1. The molecule has 0 saturated carbocycles. The van der Waals surface area contributed by atoms with Gasteiger partial charge < -0.3 is 0 Å². The zero-order chi connectivity index (χ0) is 13.1. The number of nitrogens with zero attached hydrogens (tertiary/aromatic N) is 1. The Hall–Kier alpha value is -1.38. The molecule has 1 aromatic carbocycles. The van der Waals surface area contributed by atoms with Gasteiger partial charge in [0.15, 0.2) is 5.78 Å². The van der Waals surface area contributed by atoms with E-state index in [1.807, 2.05) is 13.0 Å². The number of rotatable bonds is 3. The van der Waals surface area contributed by atoms with Gasteiger partial charge in [-0.2, -0.15) is 0 Å². The fourth-order valence-electron chi connectivity index (χ4n) is 1.72. The highest BCUT2D eigenvalue weighted by atomic mass is 35.5. The fraction of sp³-hybridized carbons (Fsp3) is 0.143. The number of carbonyl (C=O) groups is 1. The fourth-order valence-corrected chi connectivity index (χ4v) is 2.04. The van der Waals surface area contributed by atoms with Gasteiger partial charge in [0, 0.05) is 24.4 Å². The van der Waals surface area contributed by atoms with Crippen LogP contribution in [0, 0.1) is 6.92 Å². The van der Waals surface area contributed by atoms with Crippen molar-refractivity contribution in [3.8, 4) is 0 Å². The predicted octanol–water partition coefficient (Wildman–Crippen LogP) is 4.12. The minimum atomic E-state index is 0.0493. The number of halogens is 2. The largest absolute Gasteiger partial charge is 0.294 e. The number of aromatic nitrogens is 1. The number of benzene rings is 1. The summed E-state index contributed by atoms with van der Waals surface area (Å²) in [6, 6.07) is 6.96. The first-order valence-corrected chi connectivity index (χ1v) is 6.21. The third kappa shape index (κ3) is 2.89. The third-order valence-electron chi connectivity index (χ3n) is 2.67. The van der Waals surface area contributed by atoms with Gasteiger partial charge in [-0.05, 0) is 36.2 Å². The van der Waals surface area contributed by atoms with Gasteiger partial charge in [-0.1, -0.05) is 29.3 Å². The molecule has 18 heavy (non-hydrogen) atoms. The Morgan fingerprint density at radius 2 is 2.00 bits per heavy atom. The third-order valence-corrected chi connectivity index (χ3v) is 3.41. The number of hydrogen-bond donors (Lipinski definition) is 0. The average Bonchev–Trinajstić information content (AvgIpc) is 2.34. The Morgan fingerprint density at radius 1 is 1.22 bits per heavy atom. The zero-order valence-corrected chi connectivity index (χ0v) is 11.3. The Bertz CT molecular complexity index is 596. The van der Waals surface area contributed by atoms with Gasteiger partial charge in [-0.25, -0.2) is 0 Å². The van der Waals surface area contributed by atoms with Crippen LogP contribution in [0.25, 0.3) is 0 Å². The van der Waals surface area contributed by atoms with Crippen LogP contribution < -0.4 is 0 Å². The molecule has 0 spiro atoms. The maximum atomic E-state index is 12.1. The van der Waals surface area contributed by atoms with Crippen molar-refractivity contribution in [2.75, 3.05) is 0 Å². The lowest BCUT2D eigenvalue weighted by atomic mass is 10.0. The van der Waals surface area contributed by atoms with E-state index in [0.29, 0.717) is 22.0 Å². The Kier molecular flexibility index (Phi) is 4.00. The molecule has 2 aromatic rings. The van der Waals surface area contributed by atoms with E-state index in [1.165, 1.54) is 0 Å². The first-order chi connectivity index (χ1) is 8.58. The lowest BCUT2D eigenvalue weighted by Crippen LogP contribution is -2.05. The van der Waals surface area contributed by atoms with Crippen LogP contribution in [0.5, 0.6) is 0 Å². The Labute approximate surface area is 116 Å². The molecular weight excluding hydrogens is 269 g/mol. The molecule has 0 bridgehead atoms. The van der Waals surface area contributed by atoms with Gasteiger partial charge in [0.25, 0.3) is 0 Å². The summed E-state index contributed by atoms with van der Waals surface area (Å²) in [7, 11) is 0. The number of pyridine rings is 1. The van der Waals surface area contributed by atoms with Crippen LogP contribution in [-0.4, -0.2) is 10.8 Å². The van der Waals surface area contributed by atoms with E-state index in [1.54, 1.807) is 30.6 Å². The molecule has 92 valence electrons. The van der Waals surface area contributed by atoms with Crippen molar-refractivity contribution in [1.82, 2.24) is 4.98 Å². The van der Waals surface area contributed by atoms with Crippen LogP contribution in [0.4, 0.5) is 0 Å². The van der Waals surface area contributed by atoms with Crippen molar-refractivity contribution in [3.63, 3.8) is 0 Å². The van der Waals surface area contributed by atoms with E-state index in [9.17, 15) is 4.79 Å². The lowest BCUT2D eigenvalue weighted by molar-refractivity contribution is 0.0992. The van der Waals surface area contributed by atoms with Crippen LogP contribution in [0.3, 0.4) is 0 Å². The minimum Gasteiger partial charge on any atom is -0.294 e. The summed E-state index contributed by atoms with van der Waals surface area (Å²) in [5.74, 6) is 0.0493. The maximum absolute atomic E-state index is 12.1. The van der Waals surface area contributed by atoms with Gasteiger partial charge >= 0.3 is 0 Å². The van der Waals surface area contributed by atoms with Gasteiger partial charge in [0.2, 0.25) is 0 Å². The summed E-state index contributed by atoms with van der Waals surface area (Å²) in [5.41, 5.74) is 2.42. The molecule has 0 aliphatic rings. The number of Topliss-reactive ketones (excluding diaryl/α,β-unsaturated/α-hetero) is 1. The van der Waals surface area contributed by atoms with Crippen molar-refractivity contribution in [2.24, 2.45) is 0 Å². The average molecular weight is 280 g/mol. The van der Waals surface area contributed by atoms with Crippen molar-refractivity contribution < 1.29 is 4.79 Å². The second-order valence-corrected chi connectivity index (χ2v) is 4.85. The highest BCUT2D eigenvalue weighted by molar-refractivity contribution is 6.42. The molecular formula is C14H11Cl2NO. The Balaban J connectivity index is 2.22. The Morgan fingerprint density at radius 3 is 2.67 bits per heavy atom. The van der Waals surface area contributed by atoms with Crippen LogP contribution in [0.15, 0.2) is 36.7 Å². The quantitative estimate of drug-likeness (QED) is 0.791. The van der Waals surface area contributed by atoms with Crippen LogP contribution >= 0.6 is 23.2 Å². The SMILES string of the molecule is Cc1cnccc1C(=O)Cc1ccc(Cl)c(Cl)c1. The zero-order valence-electron chi connectivity index (χ0n) is 9.78. The molecule has 0 fully saturated rings. The second kappa shape index (κ2) is 5.51. The highest BCUT2D eigenvalue weighted by Gasteiger charge is 2.10. The molecule has 0 aliphatic carbocycles. The summed E-state index contributed by atoms with van der Waals surface area (Å²) in [6.45, 7) is 1.87.